The summed E-state index contributed by atoms with van der Waals surface area (Å²) in [5.74, 6) is 1.88. The van der Waals surface area contributed by atoms with Gasteiger partial charge in [0.25, 0.3) is 0 Å². The molecule has 0 unspecified atom stereocenters. The van der Waals surface area contributed by atoms with Crippen molar-refractivity contribution in [2.24, 2.45) is 5.92 Å². The van der Waals surface area contributed by atoms with Crippen molar-refractivity contribution in [3.8, 4) is 0 Å². The molecule has 0 radical (unpaired) electrons. The average molecular weight is 523 g/mol. The minimum Gasteiger partial charge on any atom is -0.353 e. The highest BCUT2D eigenvalue weighted by Gasteiger charge is 2.27. The van der Waals surface area contributed by atoms with E-state index in [1.54, 1.807) is 37.4 Å². The summed E-state index contributed by atoms with van der Waals surface area (Å²) in [6.07, 6.45) is 0.723. The third-order valence-electron chi connectivity index (χ3n) is 5.41. The van der Waals surface area contributed by atoms with Crippen LogP contribution < -0.4 is 21.3 Å². The average Bonchev–Trinajstić information content (AvgIpc) is 2.80. The molecule has 4 amide bonds. The van der Waals surface area contributed by atoms with Gasteiger partial charge < -0.3 is 21.3 Å². The van der Waals surface area contributed by atoms with Crippen LogP contribution in [0, 0.1) is 5.92 Å². The van der Waals surface area contributed by atoms with Gasteiger partial charge in [0.15, 0.2) is 0 Å². The van der Waals surface area contributed by atoms with Crippen molar-refractivity contribution in [3.05, 3.63) is 35.4 Å². The molecule has 0 aromatic heterocycles. The van der Waals surface area contributed by atoms with E-state index in [0.717, 1.165) is 17.3 Å². The van der Waals surface area contributed by atoms with Gasteiger partial charge in [-0.3, -0.25) is 19.2 Å². The first kappa shape index (κ1) is 29.0. The number of amides is 4. The fraction of sp³-hybridized carbons (Fsp3) is 0.600. The number of nitrogens with one attached hydrogen (secondary N) is 4. The molecule has 1 heterocycles. The maximum atomic E-state index is 12.9. The molecule has 0 aliphatic carbocycles. The summed E-state index contributed by atoms with van der Waals surface area (Å²) in [5.41, 5.74) is 2.42. The molecular formula is C25H38N4O4S2. The molecular weight excluding hydrogens is 484 g/mol. The molecule has 10 heteroatoms. The third-order valence-corrected chi connectivity index (χ3v) is 7.47. The van der Waals surface area contributed by atoms with E-state index >= 15 is 0 Å². The predicted molar refractivity (Wildman–Crippen MR) is 143 cm³/mol. The van der Waals surface area contributed by atoms with E-state index in [0.29, 0.717) is 25.1 Å². The molecule has 0 saturated heterocycles. The lowest BCUT2D eigenvalue weighted by Gasteiger charge is -2.24. The largest absolute Gasteiger partial charge is 0.353 e. The minimum atomic E-state index is -0.796. The Morgan fingerprint density at radius 3 is 2.14 bits per heavy atom. The quantitative estimate of drug-likeness (QED) is 0.473. The summed E-state index contributed by atoms with van der Waals surface area (Å²) in [6, 6.07) is 6.07. The Labute approximate surface area is 216 Å². The van der Waals surface area contributed by atoms with Crippen LogP contribution in [0.25, 0.3) is 0 Å². The van der Waals surface area contributed by atoms with E-state index in [1.807, 2.05) is 19.9 Å². The van der Waals surface area contributed by atoms with Crippen LogP contribution in [-0.4, -0.2) is 59.8 Å². The molecule has 1 aliphatic heterocycles. The zero-order valence-electron chi connectivity index (χ0n) is 21.0. The Hall–Kier alpha value is -2.20. The van der Waals surface area contributed by atoms with Crippen molar-refractivity contribution in [2.75, 3.05) is 18.1 Å². The van der Waals surface area contributed by atoms with Gasteiger partial charge in [-0.15, -0.1) is 0 Å². The Bertz CT molecular complexity index is 881. The molecule has 2 bridgehead atoms. The number of carbonyl (C=O) groups excluding carboxylic acids is 4. The molecule has 1 aliphatic rings. The molecule has 8 nitrogen and oxygen atoms in total. The normalized spacial score (nSPS) is 24.3. The standard InChI is InChI=1S/C25H38N4O4S2/c1-16(2)12-21-25(33)28-17(3)23(31)26-9-11-35-15-20-7-5-6-19(13-20)14-34-10-8-22(30)27-18(4)24(32)29-21/h5-7,13,16-18,21H,8-12,14-15H2,1-4H3,(H,26,31)(H,27,30)(H,28,33)(H,29,32)/t17-,18-,21-/m0/s1. The van der Waals surface area contributed by atoms with E-state index in [4.69, 9.17) is 0 Å². The molecule has 1 aromatic rings. The highest BCUT2D eigenvalue weighted by atomic mass is 32.2. The number of benzene rings is 1. The number of hydrogen-bond acceptors (Lipinski definition) is 6. The Morgan fingerprint density at radius 1 is 0.857 bits per heavy atom. The lowest BCUT2D eigenvalue weighted by molar-refractivity contribution is -0.133. The third kappa shape index (κ3) is 10.9. The number of thioether (sulfide) groups is 2. The second kappa shape index (κ2) is 15.0. The van der Waals surface area contributed by atoms with Gasteiger partial charge in [0, 0.05) is 36.0 Å². The first-order valence-electron chi connectivity index (χ1n) is 12.1. The molecule has 194 valence electrons. The molecule has 0 saturated carbocycles. The van der Waals surface area contributed by atoms with Gasteiger partial charge in [0.1, 0.15) is 18.1 Å². The van der Waals surface area contributed by atoms with Crippen LogP contribution in [0.1, 0.15) is 51.7 Å². The van der Waals surface area contributed by atoms with Crippen molar-refractivity contribution in [3.63, 3.8) is 0 Å². The summed E-state index contributed by atoms with van der Waals surface area (Å²) in [6.45, 7) is 7.63. The Balaban J connectivity index is 2.08. The lowest BCUT2D eigenvalue weighted by Crippen LogP contribution is -2.56. The van der Waals surface area contributed by atoms with Crippen LogP contribution in [0.2, 0.25) is 0 Å². The highest BCUT2D eigenvalue weighted by molar-refractivity contribution is 7.98. The van der Waals surface area contributed by atoms with Gasteiger partial charge in [0.2, 0.25) is 23.6 Å². The summed E-state index contributed by atoms with van der Waals surface area (Å²) in [4.78, 5) is 50.3. The first-order valence-corrected chi connectivity index (χ1v) is 14.4. The Morgan fingerprint density at radius 2 is 1.49 bits per heavy atom. The number of rotatable bonds is 2. The minimum absolute atomic E-state index is 0.146. The predicted octanol–water partition coefficient (Wildman–Crippen LogP) is 2.21. The van der Waals surface area contributed by atoms with Crippen LogP contribution in [0.4, 0.5) is 0 Å². The smallest absolute Gasteiger partial charge is 0.243 e. The van der Waals surface area contributed by atoms with Gasteiger partial charge in [-0.25, -0.2) is 0 Å². The van der Waals surface area contributed by atoms with Crippen molar-refractivity contribution in [1.82, 2.24) is 21.3 Å². The topological polar surface area (TPSA) is 116 Å². The van der Waals surface area contributed by atoms with Gasteiger partial charge in [-0.2, -0.15) is 23.5 Å². The highest BCUT2D eigenvalue weighted by Crippen LogP contribution is 2.18. The number of carbonyl (C=O) groups is 4. The summed E-state index contributed by atoms with van der Waals surface area (Å²) in [5, 5.41) is 11.0. The second-order valence-corrected chi connectivity index (χ2v) is 11.4. The van der Waals surface area contributed by atoms with Gasteiger partial charge in [-0.1, -0.05) is 38.1 Å². The number of hydrogen-bond donors (Lipinski definition) is 4. The first-order chi connectivity index (χ1) is 16.7. The maximum Gasteiger partial charge on any atom is 0.243 e. The lowest BCUT2D eigenvalue weighted by atomic mass is 10.0. The molecule has 35 heavy (non-hydrogen) atoms. The van der Waals surface area contributed by atoms with Crippen molar-refractivity contribution < 1.29 is 19.2 Å². The summed E-state index contributed by atoms with van der Waals surface area (Å²) < 4.78 is 0. The van der Waals surface area contributed by atoms with E-state index in [1.165, 1.54) is 11.1 Å². The molecule has 0 spiro atoms. The fourth-order valence-electron chi connectivity index (χ4n) is 3.51. The summed E-state index contributed by atoms with van der Waals surface area (Å²) in [7, 11) is 0. The number of fused-ring (bicyclic) bond motifs is 2. The van der Waals surface area contributed by atoms with E-state index < -0.39 is 29.9 Å². The molecule has 3 atom stereocenters. The zero-order valence-corrected chi connectivity index (χ0v) is 22.7. The van der Waals surface area contributed by atoms with Crippen LogP contribution >= 0.6 is 23.5 Å². The fourth-order valence-corrected chi connectivity index (χ4v) is 5.21. The SMILES string of the molecule is CC(C)C[C@@H]1NC(=O)[C@H](C)NC(=O)CCSCc2cccc(c2)CSCCNC(=O)[C@H](C)NC1=O. The van der Waals surface area contributed by atoms with E-state index in [2.05, 4.69) is 39.5 Å². The van der Waals surface area contributed by atoms with E-state index in [9.17, 15) is 19.2 Å². The monoisotopic (exact) mass is 522 g/mol. The van der Waals surface area contributed by atoms with Crippen LogP contribution in [-0.2, 0) is 30.7 Å². The molecule has 4 N–H and O–H groups in total. The van der Waals surface area contributed by atoms with Gasteiger partial charge in [-0.05, 0) is 37.3 Å². The molecule has 1 aromatic carbocycles. The second-order valence-electron chi connectivity index (χ2n) is 9.18. The molecule has 0 fully saturated rings. The maximum absolute atomic E-state index is 12.9. The summed E-state index contributed by atoms with van der Waals surface area (Å²) >= 11 is 3.41. The van der Waals surface area contributed by atoms with Crippen LogP contribution in [0.5, 0.6) is 0 Å². The zero-order chi connectivity index (χ0) is 25.8. The molecule has 2 rings (SSSR count). The van der Waals surface area contributed by atoms with Crippen LogP contribution in [0.15, 0.2) is 24.3 Å². The van der Waals surface area contributed by atoms with Crippen molar-refractivity contribution in [2.45, 2.75) is 70.2 Å². The van der Waals surface area contributed by atoms with Crippen LogP contribution in [0.3, 0.4) is 0 Å². The van der Waals surface area contributed by atoms with Gasteiger partial charge >= 0.3 is 0 Å². The van der Waals surface area contributed by atoms with Gasteiger partial charge in [0.05, 0.1) is 0 Å². The van der Waals surface area contributed by atoms with Crippen molar-refractivity contribution >= 4 is 47.2 Å². The van der Waals surface area contributed by atoms with Crippen molar-refractivity contribution in [1.29, 1.82) is 0 Å². The Kier molecular flexibility index (Phi) is 12.5. The van der Waals surface area contributed by atoms with E-state index in [-0.39, 0.29) is 17.7 Å².